The van der Waals surface area contributed by atoms with Gasteiger partial charge in [-0.15, -0.1) is 0 Å². The molecule has 0 saturated carbocycles. The van der Waals surface area contributed by atoms with Crippen LogP contribution in [-0.4, -0.2) is 19.6 Å². The first-order valence-electron chi connectivity index (χ1n) is 25.7. The molecule has 62 heavy (non-hydrogen) atoms. The summed E-state index contributed by atoms with van der Waals surface area (Å²) in [5, 5.41) is 11.6. The molecule has 0 bridgehead atoms. The molecule has 9 rings (SSSR count). The summed E-state index contributed by atoms with van der Waals surface area (Å²) >= 11 is 0. The third-order valence-electron chi connectivity index (χ3n) is 11.4. The first kappa shape index (κ1) is 30.1. The number of para-hydroxylation sites is 2. The highest BCUT2D eigenvalue weighted by molar-refractivity contribution is 5.98. The van der Waals surface area contributed by atoms with E-state index >= 15 is 0 Å². The SMILES string of the molecule is [2H]c1c([2H])c(C([2H])([2H])[2H])c([2H])c([2H])c1-c1ccnc(-c2cc(-c3cccc4c3nc(-c3ccccc3O)n4-c3cc(C([2H])([2H])[2H])c(-c4ccc(C(C)(C)C)cc4)cc3-c3ccccc3)cc(C(C)(C)C)c2)c1. The van der Waals surface area contributed by atoms with E-state index < -0.39 is 43.4 Å². The Labute approximate surface area is 380 Å². The van der Waals surface area contributed by atoms with Crippen molar-refractivity contribution in [1.29, 1.82) is 0 Å². The molecule has 0 fully saturated rings. The van der Waals surface area contributed by atoms with E-state index in [1.165, 1.54) is 6.20 Å². The topological polar surface area (TPSA) is 50.9 Å². The summed E-state index contributed by atoms with van der Waals surface area (Å²) < 4.78 is 87.3. The highest BCUT2D eigenvalue weighted by atomic mass is 16.3. The van der Waals surface area contributed by atoms with E-state index in [0.717, 1.165) is 38.9 Å². The number of imidazole rings is 1. The number of nitrogens with zero attached hydrogens (tertiary/aromatic N) is 3. The van der Waals surface area contributed by atoms with Gasteiger partial charge in [0.05, 0.1) is 33.5 Å². The highest BCUT2D eigenvalue weighted by Crippen LogP contribution is 2.43. The second-order valence-electron chi connectivity index (χ2n) is 17.8. The molecule has 4 nitrogen and oxygen atoms in total. The summed E-state index contributed by atoms with van der Waals surface area (Å²) in [6.45, 7) is 7.32. The van der Waals surface area contributed by atoms with Crippen LogP contribution in [0.2, 0.25) is 0 Å². The van der Waals surface area contributed by atoms with Crippen LogP contribution in [0.15, 0.2) is 170 Å². The Morgan fingerprint density at radius 3 is 1.94 bits per heavy atom. The van der Waals surface area contributed by atoms with Gasteiger partial charge in [0.15, 0.2) is 0 Å². The number of hydrogen-bond acceptors (Lipinski definition) is 3. The predicted octanol–water partition coefficient (Wildman–Crippen LogP) is 15.3. The first-order chi connectivity index (χ1) is 33.8. The summed E-state index contributed by atoms with van der Waals surface area (Å²) in [4.78, 5) is 10.1. The van der Waals surface area contributed by atoms with Gasteiger partial charge in [-0.05, 0) is 129 Å². The second kappa shape index (κ2) is 15.8. The van der Waals surface area contributed by atoms with Gasteiger partial charge < -0.3 is 5.11 Å². The van der Waals surface area contributed by atoms with Gasteiger partial charge in [-0.2, -0.15) is 0 Å². The minimum absolute atomic E-state index is 0.0127. The third kappa shape index (κ3) is 7.74. The molecule has 0 spiro atoms. The van der Waals surface area contributed by atoms with Crippen molar-refractivity contribution >= 4 is 11.0 Å². The fourth-order valence-electron chi connectivity index (χ4n) is 8.00. The van der Waals surface area contributed by atoms with E-state index in [4.69, 9.17) is 23.7 Å². The van der Waals surface area contributed by atoms with Crippen molar-refractivity contribution < 1.29 is 18.8 Å². The lowest BCUT2D eigenvalue weighted by atomic mass is 9.83. The molecule has 0 amide bonds. The zero-order valence-electron chi connectivity index (χ0n) is 45.6. The number of aryl methyl sites for hydroxylation is 1. The Morgan fingerprint density at radius 2 is 1.23 bits per heavy atom. The molecule has 4 heteroatoms. The average Bonchev–Trinajstić information content (AvgIpc) is 3.72. The van der Waals surface area contributed by atoms with E-state index in [0.29, 0.717) is 50.5 Å². The van der Waals surface area contributed by atoms with Gasteiger partial charge in [0.2, 0.25) is 0 Å². The van der Waals surface area contributed by atoms with E-state index in [2.05, 4.69) is 47.6 Å². The van der Waals surface area contributed by atoms with Crippen LogP contribution in [0.25, 0.3) is 83.9 Å². The highest BCUT2D eigenvalue weighted by Gasteiger charge is 2.25. The minimum atomic E-state index is -2.85. The van der Waals surface area contributed by atoms with Gasteiger partial charge in [-0.1, -0.05) is 156 Å². The van der Waals surface area contributed by atoms with Crippen molar-refractivity contribution in [2.75, 3.05) is 0 Å². The first-order valence-corrected chi connectivity index (χ1v) is 20.7. The van der Waals surface area contributed by atoms with Crippen molar-refractivity contribution in [2.24, 2.45) is 0 Å². The normalized spacial score (nSPS) is 14.7. The van der Waals surface area contributed by atoms with Crippen molar-refractivity contribution in [3.05, 3.63) is 192 Å². The molecular weight excluding hydrogens is 755 g/mol. The van der Waals surface area contributed by atoms with Crippen LogP contribution in [0.4, 0.5) is 0 Å². The fourth-order valence-corrected chi connectivity index (χ4v) is 8.00. The lowest BCUT2D eigenvalue weighted by Crippen LogP contribution is -2.11. The second-order valence-corrected chi connectivity index (χ2v) is 17.8. The molecule has 2 heterocycles. The molecule has 0 atom stereocenters. The van der Waals surface area contributed by atoms with Crippen molar-refractivity contribution in [1.82, 2.24) is 14.5 Å². The predicted molar refractivity (Wildman–Crippen MR) is 260 cm³/mol. The van der Waals surface area contributed by atoms with Crippen molar-refractivity contribution in [3.8, 4) is 78.6 Å². The Kier molecular flexibility index (Phi) is 7.65. The maximum atomic E-state index is 11.6. The monoisotopic (exact) mass is 817 g/mol. The molecule has 1 N–H and O–H groups in total. The van der Waals surface area contributed by atoms with Crippen LogP contribution in [0.3, 0.4) is 0 Å². The van der Waals surface area contributed by atoms with Gasteiger partial charge in [-0.3, -0.25) is 9.55 Å². The number of hydrogen-bond donors (Lipinski definition) is 1. The van der Waals surface area contributed by atoms with Crippen LogP contribution in [-0.2, 0) is 10.8 Å². The third-order valence-corrected chi connectivity index (χ3v) is 11.4. The number of aromatic nitrogens is 3. The Balaban J connectivity index is 1.31. The van der Waals surface area contributed by atoms with Crippen molar-refractivity contribution in [2.45, 2.75) is 66.1 Å². The number of fused-ring (bicyclic) bond motifs is 1. The van der Waals surface area contributed by atoms with Crippen LogP contribution < -0.4 is 0 Å². The molecule has 0 aliphatic rings. The summed E-state index contributed by atoms with van der Waals surface area (Å²) in [6, 6.07) is 41.5. The summed E-state index contributed by atoms with van der Waals surface area (Å²) in [7, 11) is 0. The van der Waals surface area contributed by atoms with Gasteiger partial charge in [0, 0.05) is 31.1 Å². The van der Waals surface area contributed by atoms with E-state index in [1.54, 1.807) is 36.4 Å². The molecule has 0 saturated heterocycles. The van der Waals surface area contributed by atoms with Gasteiger partial charge in [0.25, 0.3) is 0 Å². The summed E-state index contributed by atoms with van der Waals surface area (Å²) in [5.74, 6) is 0.374. The molecule has 0 radical (unpaired) electrons. The zero-order chi connectivity index (χ0) is 51.8. The number of benzene rings is 7. The number of rotatable bonds is 7. The maximum absolute atomic E-state index is 11.6. The molecule has 0 unspecified atom stereocenters. The van der Waals surface area contributed by atoms with Crippen LogP contribution in [0, 0.1) is 13.7 Å². The Bertz CT molecular complexity index is 3540. The van der Waals surface area contributed by atoms with Crippen LogP contribution in [0.1, 0.15) is 77.5 Å². The lowest BCUT2D eigenvalue weighted by Gasteiger charge is -2.22. The van der Waals surface area contributed by atoms with Crippen molar-refractivity contribution in [3.63, 3.8) is 0 Å². The van der Waals surface area contributed by atoms with Gasteiger partial charge in [0.1, 0.15) is 11.6 Å². The number of phenols is 1. The fraction of sp³-hybridized carbons (Fsp3) is 0.172. The zero-order valence-corrected chi connectivity index (χ0v) is 35.6. The number of phenolic OH excluding ortho intramolecular Hbond substituents is 1. The van der Waals surface area contributed by atoms with E-state index in [1.807, 2.05) is 102 Å². The summed E-state index contributed by atoms with van der Waals surface area (Å²) in [5.41, 5.74) is 9.20. The average molecular weight is 818 g/mol. The quantitative estimate of drug-likeness (QED) is 0.174. The Morgan fingerprint density at radius 1 is 0.532 bits per heavy atom. The van der Waals surface area contributed by atoms with Crippen LogP contribution in [0.5, 0.6) is 5.75 Å². The largest absolute Gasteiger partial charge is 0.507 e. The lowest BCUT2D eigenvalue weighted by molar-refractivity contribution is 0.477. The molecule has 306 valence electrons. The molecule has 2 aromatic heterocycles. The molecule has 9 aromatic rings. The maximum Gasteiger partial charge on any atom is 0.149 e. The van der Waals surface area contributed by atoms with Gasteiger partial charge >= 0.3 is 0 Å². The van der Waals surface area contributed by atoms with Gasteiger partial charge in [-0.25, -0.2) is 4.98 Å². The molecule has 7 aromatic carbocycles. The Hall–Kier alpha value is -7.04. The number of pyridine rings is 1. The standard InChI is InChI=1S/C58H53N3O/c1-37-21-23-39(24-22-37)42-29-30-59-51(35-42)44-32-43(33-46(34-44)58(6,7)8)47-18-14-19-52-55(47)60-56(48-17-12-13-20-54(48)62)61(52)53-31-38(2)49(36-50(53)40-15-10-9-11-16-40)41-25-27-45(28-26-41)57(3,4)5/h9-36,62H,1-8H3/i1D3,2D3,21D,22D,23D,24D. The molecule has 0 aliphatic carbocycles. The molecular formula is C58H53N3O. The minimum Gasteiger partial charge on any atom is -0.507 e. The molecule has 0 aliphatic heterocycles. The van der Waals surface area contributed by atoms with Crippen LogP contribution >= 0.6 is 0 Å². The summed E-state index contributed by atoms with van der Waals surface area (Å²) in [6.07, 6.45) is 1.53. The number of aromatic hydroxyl groups is 1. The van der Waals surface area contributed by atoms with E-state index in [-0.39, 0.29) is 27.7 Å². The smallest absolute Gasteiger partial charge is 0.149 e. The van der Waals surface area contributed by atoms with E-state index in [9.17, 15) is 5.11 Å².